The highest BCUT2D eigenvalue weighted by molar-refractivity contribution is 5.89. The monoisotopic (exact) mass is 324 g/mol. The number of hydrogen-bond donors (Lipinski definition) is 0. The molecule has 0 bridgehead atoms. The van der Waals surface area contributed by atoms with Gasteiger partial charge in [0.1, 0.15) is 5.78 Å². The SMILES string of the molecule is CCCCC(=O)C(C)(C)c1ccc(-c2cccc(COC)c2)cc1. The van der Waals surface area contributed by atoms with Crippen LogP contribution in [0.5, 0.6) is 0 Å². The van der Waals surface area contributed by atoms with Gasteiger partial charge in [0, 0.05) is 18.9 Å². The van der Waals surface area contributed by atoms with Crippen molar-refractivity contribution in [2.45, 2.75) is 52.1 Å². The molecule has 0 fully saturated rings. The number of ketones is 1. The largest absolute Gasteiger partial charge is 0.380 e. The molecule has 0 N–H and O–H groups in total. The van der Waals surface area contributed by atoms with Crippen LogP contribution in [-0.2, 0) is 21.6 Å². The molecule has 2 nitrogen and oxygen atoms in total. The van der Waals surface area contributed by atoms with E-state index in [9.17, 15) is 4.79 Å². The highest BCUT2D eigenvalue weighted by atomic mass is 16.5. The van der Waals surface area contributed by atoms with E-state index in [0.29, 0.717) is 18.8 Å². The van der Waals surface area contributed by atoms with Gasteiger partial charge in [-0.2, -0.15) is 0 Å². The molecule has 0 radical (unpaired) electrons. The number of rotatable bonds is 8. The fourth-order valence-corrected chi connectivity index (χ4v) is 2.90. The van der Waals surface area contributed by atoms with Gasteiger partial charge in [0.25, 0.3) is 0 Å². The predicted molar refractivity (Wildman–Crippen MR) is 100 cm³/mol. The summed E-state index contributed by atoms with van der Waals surface area (Å²) in [7, 11) is 1.71. The molecule has 0 aliphatic rings. The van der Waals surface area contributed by atoms with E-state index < -0.39 is 5.41 Å². The molecular formula is C22H28O2. The molecule has 0 aliphatic heterocycles. The third-order valence-corrected chi connectivity index (χ3v) is 4.63. The van der Waals surface area contributed by atoms with E-state index in [1.54, 1.807) is 7.11 Å². The Bertz CT molecular complexity index is 669. The fraction of sp³-hybridized carbons (Fsp3) is 0.409. The minimum absolute atomic E-state index is 0.319. The molecule has 2 rings (SSSR count). The number of carbonyl (C=O) groups is 1. The van der Waals surface area contributed by atoms with Gasteiger partial charge < -0.3 is 4.74 Å². The van der Waals surface area contributed by atoms with Crippen molar-refractivity contribution in [2.75, 3.05) is 7.11 Å². The van der Waals surface area contributed by atoms with E-state index in [1.807, 2.05) is 13.8 Å². The van der Waals surface area contributed by atoms with Crippen LogP contribution in [0.15, 0.2) is 48.5 Å². The third-order valence-electron chi connectivity index (χ3n) is 4.63. The molecule has 2 aromatic rings. The molecule has 0 atom stereocenters. The van der Waals surface area contributed by atoms with Crippen LogP contribution in [0.2, 0.25) is 0 Å². The number of carbonyl (C=O) groups excluding carboxylic acids is 1. The molecule has 0 spiro atoms. The van der Waals surface area contributed by atoms with Gasteiger partial charge in [0.2, 0.25) is 0 Å². The first kappa shape index (κ1) is 18.4. The van der Waals surface area contributed by atoms with Gasteiger partial charge in [-0.25, -0.2) is 0 Å². The maximum atomic E-state index is 12.5. The van der Waals surface area contributed by atoms with E-state index in [2.05, 4.69) is 55.5 Å². The summed E-state index contributed by atoms with van der Waals surface area (Å²) in [6, 6.07) is 16.8. The normalized spacial score (nSPS) is 11.5. The Balaban J connectivity index is 2.21. The second-order valence-electron chi connectivity index (χ2n) is 6.86. The summed E-state index contributed by atoms with van der Waals surface area (Å²) < 4.78 is 5.20. The minimum Gasteiger partial charge on any atom is -0.380 e. The summed E-state index contributed by atoms with van der Waals surface area (Å²) in [5.41, 5.74) is 4.15. The van der Waals surface area contributed by atoms with Crippen LogP contribution in [0.1, 0.15) is 51.2 Å². The summed E-state index contributed by atoms with van der Waals surface area (Å²) in [5.74, 6) is 0.319. The number of unbranched alkanes of at least 4 members (excludes halogenated alkanes) is 1. The molecule has 0 heterocycles. The van der Waals surface area contributed by atoms with Gasteiger partial charge in [-0.1, -0.05) is 55.8 Å². The van der Waals surface area contributed by atoms with Crippen LogP contribution in [0.3, 0.4) is 0 Å². The van der Waals surface area contributed by atoms with Gasteiger partial charge in [0.05, 0.1) is 6.61 Å². The maximum Gasteiger partial charge on any atom is 0.142 e. The van der Waals surface area contributed by atoms with Crippen molar-refractivity contribution < 1.29 is 9.53 Å². The average Bonchev–Trinajstić information content (AvgIpc) is 2.60. The van der Waals surface area contributed by atoms with E-state index in [-0.39, 0.29) is 0 Å². The molecule has 24 heavy (non-hydrogen) atoms. The highest BCUT2D eigenvalue weighted by Gasteiger charge is 2.28. The quantitative estimate of drug-likeness (QED) is 0.637. The zero-order valence-corrected chi connectivity index (χ0v) is 15.3. The third kappa shape index (κ3) is 4.33. The van der Waals surface area contributed by atoms with Crippen LogP contribution in [-0.4, -0.2) is 12.9 Å². The molecule has 2 aromatic carbocycles. The predicted octanol–water partition coefficient (Wildman–Crippen LogP) is 5.54. The smallest absolute Gasteiger partial charge is 0.142 e. The molecule has 0 saturated carbocycles. The van der Waals surface area contributed by atoms with Gasteiger partial charge in [-0.15, -0.1) is 0 Å². The van der Waals surface area contributed by atoms with E-state index in [1.165, 1.54) is 5.56 Å². The first-order valence-corrected chi connectivity index (χ1v) is 8.71. The first-order valence-electron chi connectivity index (χ1n) is 8.71. The lowest BCUT2D eigenvalue weighted by molar-refractivity contribution is -0.123. The summed E-state index contributed by atoms with van der Waals surface area (Å²) in [5, 5.41) is 0. The number of methoxy groups -OCH3 is 1. The Morgan fingerprint density at radius 3 is 2.38 bits per heavy atom. The molecule has 2 heteroatoms. The van der Waals surface area contributed by atoms with Crippen molar-refractivity contribution in [3.8, 4) is 11.1 Å². The van der Waals surface area contributed by atoms with Crippen LogP contribution in [0.25, 0.3) is 11.1 Å². The van der Waals surface area contributed by atoms with E-state index >= 15 is 0 Å². The second-order valence-corrected chi connectivity index (χ2v) is 6.86. The molecule has 0 unspecified atom stereocenters. The maximum absolute atomic E-state index is 12.5. The standard InChI is InChI=1S/C22H28O2/c1-5-6-10-21(23)22(2,3)20-13-11-18(12-14-20)19-9-7-8-17(15-19)16-24-4/h7-9,11-15H,5-6,10,16H2,1-4H3. The van der Waals surface area contributed by atoms with Gasteiger partial charge in [0.15, 0.2) is 0 Å². The van der Waals surface area contributed by atoms with Gasteiger partial charge in [-0.3, -0.25) is 4.79 Å². The molecule has 0 aliphatic carbocycles. The minimum atomic E-state index is -0.425. The van der Waals surface area contributed by atoms with Crippen molar-refractivity contribution in [1.82, 2.24) is 0 Å². The number of hydrogen-bond acceptors (Lipinski definition) is 2. The van der Waals surface area contributed by atoms with Crippen molar-refractivity contribution >= 4 is 5.78 Å². The van der Waals surface area contributed by atoms with E-state index in [4.69, 9.17) is 4.74 Å². The van der Waals surface area contributed by atoms with Crippen LogP contribution < -0.4 is 0 Å². The zero-order chi connectivity index (χ0) is 17.6. The summed E-state index contributed by atoms with van der Waals surface area (Å²) in [4.78, 5) is 12.5. The summed E-state index contributed by atoms with van der Waals surface area (Å²) in [6.07, 6.45) is 2.68. The molecule has 0 aromatic heterocycles. The van der Waals surface area contributed by atoms with Gasteiger partial charge >= 0.3 is 0 Å². The Labute approximate surface area is 145 Å². The van der Waals surface area contributed by atoms with Gasteiger partial charge in [-0.05, 0) is 48.6 Å². The van der Waals surface area contributed by atoms with Crippen molar-refractivity contribution in [2.24, 2.45) is 0 Å². The zero-order valence-electron chi connectivity index (χ0n) is 15.3. The van der Waals surface area contributed by atoms with Crippen molar-refractivity contribution in [3.05, 3.63) is 59.7 Å². The average molecular weight is 324 g/mol. The Hall–Kier alpha value is -1.93. The second kappa shape index (κ2) is 8.25. The molecular weight excluding hydrogens is 296 g/mol. The van der Waals surface area contributed by atoms with Crippen LogP contribution in [0.4, 0.5) is 0 Å². The lowest BCUT2D eigenvalue weighted by atomic mass is 9.78. The lowest BCUT2D eigenvalue weighted by Gasteiger charge is -2.24. The van der Waals surface area contributed by atoms with Crippen LogP contribution in [0, 0.1) is 0 Å². The highest BCUT2D eigenvalue weighted by Crippen LogP contribution is 2.29. The molecule has 0 amide bonds. The number of Topliss-reactive ketones (excluding diaryl/α,β-unsaturated/α-hetero) is 1. The topological polar surface area (TPSA) is 26.3 Å². The van der Waals surface area contributed by atoms with Crippen molar-refractivity contribution in [3.63, 3.8) is 0 Å². The Morgan fingerprint density at radius 1 is 1.04 bits per heavy atom. The molecule has 128 valence electrons. The fourth-order valence-electron chi connectivity index (χ4n) is 2.90. The first-order chi connectivity index (χ1) is 11.5. The summed E-state index contributed by atoms with van der Waals surface area (Å²) in [6.45, 7) is 6.79. The van der Waals surface area contributed by atoms with Crippen molar-refractivity contribution in [1.29, 1.82) is 0 Å². The summed E-state index contributed by atoms with van der Waals surface area (Å²) >= 11 is 0. The Morgan fingerprint density at radius 2 is 1.75 bits per heavy atom. The van der Waals surface area contributed by atoms with Crippen LogP contribution >= 0.6 is 0 Å². The number of benzene rings is 2. The van der Waals surface area contributed by atoms with E-state index in [0.717, 1.165) is 29.5 Å². The lowest BCUT2D eigenvalue weighted by Crippen LogP contribution is -2.28. The number of ether oxygens (including phenoxy) is 1. The molecule has 0 saturated heterocycles. The Kier molecular flexibility index (Phi) is 6.33.